The van der Waals surface area contributed by atoms with E-state index in [2.05, 4.69) is 20.6 Å². The van der Waals surface area contributed by atoms with E-state index in [0.717, 1.165) is 23.2 Å². The van der Waals surface area contributed by atoms with Gasteiger partial charge in [-0.15, -0.1) is 0 Å². The molecule has 0 unspecified atom stereocenters. The predicted octanol–water partition coefficient (Wildman–Crippen LogP) is 3.00. The second-order valence-electron chi connectivity index (χ2n) is 8.04. The van der Waals surface area contributed by atoms with E-state index in [4.69, 9.17) is 4.52 Å². The molecule has 0 atom stereocenters. The summed E-state index contributed by atoms with van der Waals surface area (Å²) in [6, 6.07) is 9.58. The molecule has 0 spiro atoms. The lowest BCUT2D eigenvalue weighted by atomic mass is 10.0. The number of hydrogen-bond acceptors (Lipinski definition) is 5. The molecule has 0 radical (unpaired) electrons. The number of rotatable bonds is 2. The normalized spacial score (nSPS) is 14.1. The van der Waals surface area contributed by atoms with Gasteiger partial charge in [0.25, 0.3) is 5.89 Å². The molecule has 1 aliphatic heterocycles. The van der Waals surface area contributed by atoms with Gasteiger partial charge in [0, 0.05) is 42.4 Å². The Morgan fingerprint density at radius 3 is 2.68 bits per heavy atom. The van der Waals surface area contributed by atoms with Crippen LogP contribution in [0.25, 0.3) is 23.0 Å². The Kier molecular flexibility index (Phi) is 4.41. The molecule has 0 saturated heterocycles. The van der Waals surface area contributed by atoms with Gasteiger partial charge in [0.1, 0.15) is 0 Å². The second-order valence-corrected chi connectivity index (χ2v) is 8.04. The molecule has 4 rings (SSSR count). The Hall–Kier alpha value is -3.16. The Balaban J connectivity index is 1.63. The van der Waals surface area contributed by atoms with E-state index in [9.17, 15) is 4.79 Å². The van der Waals surface area contributed by atoms with Gasteiger partial charge in [0.05, 0.1) is 6.54 Å². The molecule has 8 heteroatoms. The smallest absolute Gasteiger partial charge is 0.318 e. The van der Waals surface area contributed by atoms with E-state index >= 15 is 0 Å². The van der Waals surface area contributed by atoms with Crippen LogP contribution in [-0.2, 0) is 20.0 Å². The third kappa shape index (κ3) is 3.49. The van der Waals surface area contributed by atoms with Crippen LogP contribution in [-0.4, -0.2) is 42.9 Å². The third-order valence-corrected chi connectivity index (χ3v) is 4.67. The molecule has 0 fully saturated rings. The molecule has 0 aliphatic carbocycles. The van der Waals surface area contributed by atoms with Gasteiger partial charge in [-0.25, -0.2) is 4.79 Å². The highest BCUT2D eigenvalue weighted by Crippen LogP contribution is 2.30. The van der Waals surface area contributed by atoms with Gasteiger partial charge in [-0.1, -0.05) is 35.5 Å². The summed E-state index contributed by atoms with van der Waals surface area (Å²) in [5.41, 5.74) is 3.29. The summed E-state index contributed by atoms with van der Waals surface area (Å²) in [6.07, 6.45) is 0.732. The van der Waals surface area contributed by atoms with Crippen LogP contribution in [0.2, 0.25) is 0 Å². The standard InChI is InChI=1S/C20H24N6O2/c1-20(2,3)22-19(27)26-11-10-15-14(12-26)16(23-25(15)4)18-21-17(24-28-18)13-8-6-5-7-9-13/h5-9H,10-12H2,1-4H3,(H,22,27). The Bertz CT molecular complexity index is 1000. The molecular weight excluding hydrogens is 356 g/mol. The number of carbonyl (C=O) groups excluding carboxylic acids is 1. The summed E-state index contributed by atoms with van der Waals surface area (Å²) in [5.74, 6) is 0.891. The number of aryl methyl sites for hydroxylation is 1. The van der Waals surface area contributed by atoms with Crippen molar-refractivity contribution in [2.75, 3.05) is 6.54 Å². The molecule has 2 amide bonds. The van der Waals surface area contributed by atoms with E-state index in [-0.39, 0.29) is 11.6 Å². The largest absolute Gasteiger partial charge is 0.333 e. The molecule has 0 bridgehead atoms. The van der Waals surface area contributed by atoms with Crippen molar-refractivity contribution in [1.29, 1.82) is 0 Å². The van der Waals surface area contributed by atoms with E-state index in [1.807, 2.05) is 62.8 Å². The molecule has 1 N–H and O–H groups in total. The summed E-state index contributed by atoms with van der Waals surface area (Å²) in [7, 11) is 1.90. The van der Waals surface area contributed by atoms with Gasteiger partial charge in [-0.05, 0) is 20.8 Å². The summed E-state index contributed by atoms with van der Waals surface area (Å²) < 4.78 is 7.35. The van der Waals surface area contributed by atoms with Crippen molar-refractivity contribution in [3.05, 3.63) is 41.6 Å². The van der Waals surface area contributed by atoms with Gasteiger partial charge in [-0.3, -0.25) is 4.68 Å². The van der Waals surface area contributed by atoms with Crippen LogP contribution in [0.4, 0.5) is 4.79 Å². The summed E-state index contributed by atoms with van der Waals surface area (Å²) >= 11 is 0. The maximum atomic E-state index is 12.6. The number of nitrogens with one attached hydrogen (secondary N) is 1. The van der Waals surface area contributed by atoms with E-state index in [1.54, 1.807) is 4.90 Å². The van der Waals surface area contributed by atoms with E-state index in [0.29, 0.717) is 30.5 Å². The van der Waals surface area contributed by atoms with Crippen molar-refractivity contribution in [2.45, 2.75) is 39.3 Å². The SMILES string of the molecule is Cn1nc(-c2nc(-c3ccccc3)no2)c2c1CCN(C(=O)NC(C)(C)C)C2. The zero-order valence-corrected chi connectivity index (χ0v) is 16.6. The highest BCUT2D eigenvalue weighted by molar-refractivity contribution is 5.76. The van der Waals surface area contributed by atoms with Gasteiger partial charge < -0.3 is 14.7 Å². The predicted molar refractivity (Wildman–Crippen MR) is 104 cm³/mol. The molecule has 0 saturated carbocycles. The van der Waals surface area contributed by atoms with Crippen LogP contribution >= 0.6 is 0 Å². The highest BCUT2D eigenvalue weighted by atomic mass is 16.5. The van der Waals surface area contributed by atoms with Crippen molar-refractivity contribution in [3.8, 4) is 23.0 Å². The number of fused-ring (bicyclic) bond motifs is 1. The molecule has 28 heavy (non-hydrogen) atoms. The first-order valence-corrected chi connectivity index (χ1v) is 9.33. The lowest BCUT2D eigenvalue weighted by molar-refractivity contribution is 0.183. The van der Waals surface area contributed by atoms with Crippen molar-refractivity contribution in [1.82, 2.24) is 30.1 Å². The summed E-state index contributed by atoms with van der Waals surface area (Å²) in [6.45, 7) is 7.02. The lowest BCUT2D eigenvalue weighted by Crippen LogP contribution is -2.49. The maximum absolute atomic E-state index is 12.6. The number of carbonyl (C=O) groups is 1. The first-order valence-electron chi connectivity index (χ1n) is 9.33. The van der Waals surface area contributed by atoms with Gasteiger partial charge in [0.2, 0.25) is 5.82 Å². The average molecular weight is 380 g/mol. The minimum Gasteiger partial charge on any atom is -0.333 e. The fourth-order valence-corrected chi connectivity index (χ4v) is 3.36. The van der Waals surface area contributed by atoms with Crippen LogP contribution in [0.3, 0.4) is 0 Å². The van der Waals surface area contributed by atoms with E-state index in [1.165, 1.54) is 0 Å². The molecule has 3 heterocycles. The topological polar surface area (TPSA) is 89.1 Å². The van der Waals surface area contributed by atoms with Crippen molar-refractivity contribution in [2.24, 2.45) is 7.05 Å². The Morgan fingerprint density at radius 2 is 1.96 bits per heavy atom. The summed E-state index contributed by atoms with van der Waals surface area (Å²) in [4.78, 5) is 18.9. The number of hydrogen-bond donors (Lipinski definition) is 1. The number of benzene rings is 1. The Labute approximate surface area is 163 Å². The number of urea groups is 1. The minimum absolute atomic E-state index is 0.0801. The molecule has 146 valence electrons. The lowest BCUT2D eigenvalue weighted by Gasteiger charge is -2.31. The zero-order valence-electron chi connectivity index (χ0n) is 16.6. The molecule has 1 aliphatic rings. The van der Waals surface area contributed by atoms with Crippen molar-refractivity contribution in [3.63, 3.8) is 0 Å². The first-order chi connectivity index (χ1) is 13.3. The fourth-order valence-electron chi connectivity index (χ4n) is 3.36. The molecule has 8 nitrogen and oxygen atoms in total. The number of nitrogens with zero attached hydrogens (tertiary/aromatic N) is 5. The second kappa shape index (κ2) is 6.78. The van der Waals surface area contributed by atoms with Crippen molar-refractivity contribution < 1.29 is 9.32 Å². The number of amides is 2. The molecular formula is C20H24N6O2. The van der Waals surface area contributed by atoms with Gasteiger partial charge >= 0.3 is 6.03 Å². The number of aromatic nitrogens is 4. The fraction of sp³-hybridized carbons (Fsp3) is 0.400. The maximum Gasteiger partial charge on any atom is 0.318 e. The minimum atomic E-state index is -0.286. The third-order valence-electron chi connectivity index (χ3n) is 4.67. The monoisotopic (exact) mass is 380 g/mol. The van der Waals surface area contributed by atoms with Gasteiger partial charge in [0.15, 0.2) is 5.69 Å². The molecule has 2 aromatic heterocycles. The van der Waals surface area contributed by atoms with Crippen LogP contribution in [0.15, 0.2) is 34.9 Å². The summed E-state index contributed by atoms with van der Waals surface area (Å²) in [5, 5.41) is 11.7. The Morgan fingerprint density at radius 1 is 1.21 bits per heavy atom. The van der Waals surface area contributed by atoms with Crippen LogP contribution in [0.5, 0.6) is 0 Å². The quantitative estimate of drug-likeness (QED) is 0.738. The van der Waals surface area contributed by atoms with Crippen LogP contribution in [0.1, 0.15) is 32.0 Å². The zero-order chi connectivity index (χ0) is 19.9. The van der Waals surface area contributed by atoms with Crippen LogP contribution < -0.4 is 5.32 Å². The highest BCUT2D eigenvalue weighted by Gasteiger charge is 2.30. The molecule has 1 aromatic carbocycles. The first kappa shape index (κ1) is 18.2. The van der Waals surface area contributed by atoms with Crippen molar-refractivity contribution >= 4 is 6.03 Å². The van der Waals surface area contributed by atoms with E-state index < -0.39 is 0 Å². The van der Waals surface area contributed by atoms with Gasteiger partial charge in [-0.2, -0.15) is 10.1 Å². The van der Waals surface area contributed by atoms with Crippen LogP contribution in [0, 0.1) is 0 Å². The molecule has 3 aromatic rings. The average Bonchev–Trinajstić information content (AvgIpc) is 3.26.